The Morgan fingerprint density at radius 3 is 2.70 bits per heavy atom. The summed E-state index contributed by atoms with van der Waals surface area (Å²) >= 11 is 0. The highest BCUT2D eigenvalue weighted by atomic mass is 16.2. The second-order valence-corrected chi connectivity index (χ2v) is 5.93. The van der Waals surface area contributed by atoms with E-state index in [1.165, 1.54) is 0 Å². The van der Waals surface area contributed by atoms with Gasteiger partial charge in [-0.05, 0) is 37.0 Å². The van der Waals surface area contributed by atoms with Crippen molar-refractivity contribution in [3.05, 3.63) is 47.5 Å². The van der Waals surface area contributed by atoms with E-state index in [0.29, 0.717) is 6.04 Å². The molecule has 23 heavy (non-hydrogen) atoms. The summed E-state index contributed by atoms with van der Waals surface area (Å²) in [5.74, 6) is 0.866. The average molecular weight is 314 g/mol. The minimum absolute atomic E-state index is 0.0334. The number of amides is 1. The fraction of sp³-hybridized carbons (Fsp3) is 0.444. The molecule has 0 radical (unpaired) electrons. The van der Waals surface area contributed by atoms with Crippen molar-refractivity contribution in [3.8, 4) is 0 Å². The van der Waals surface area contributed by atoms with Gasteiger partial charge in [-0.3, -0.25) is 9.79 Å². The molecule has 0 saturated carbocycles. The maximum Gasteiger partial charge on any atom is 0.253 e. The predicted octanol–water partition coefficient (Wildman–Crippen LogP) is 1.81. The minimum atomic E-state index is 0.0334. The number of carbonyl (C=O) groups is 1. The zero-order valence-electron chi connectivity index (χ0n) is 14.2. The van der Waals surface area contributed by atoms with E-state index in [9.17, 15) is 4.79 Å². The van der Waals surface area contributed by atoms with Crippen LogP contribution < -0.4 is 10.6 Å². The first kappa shape index (κ1) is 17.1. The predicted molar refractivity (Wildman–Crippen MR) is 94.8 cm³/mol. The maximum absolute atomic E-state index is 12.0. The Hall–Kier alpha value is -2.30. The van der Waals surface area contributed by atoms with Gasteiger partial charge in [0, 0.05) is 39.3 Å². The van der Waals surface area contributed by atoms with Gasteiger partial charge in [-0.25, -0.2) is 0 Å². The molecule has 0 atom stereocenters. The molecule has 2 rings (SSSR count). The summed E-state index contributed by atoms with van der Waals surface area (Å²) in [6, 6.07) is 8.24. The first-order valence-corrected chi connectivity index (χ1v) is 8.03. The SMILES string of the molecule is CN=C(NCCc1cccc(C(=O)N(C)C)c1)NC1CC=CC1. The lowest BCUT2D eigenvalue weighted by molar-refractivity contribution is 0.0827. The molecule has 2 N–H and O–H groups in total. The van der Waals surface area contributed by atoms with Crippen LogP contribution in [0.4, 0.5) is 0 Å². The van der Waals surface area contributed by atoms with Gasteiger partial charge in [0.25, 0.3) is 5.91 Å². The van der Waals surface area contributed by atoms with E-state index in [0.717, 1.165) is 42.9 Å². The van der Waals surface area contributed by atoms with Crippen LogP contribution in [-0.4, -0.2) is 50.5 Å². The molecule has 1 aromatic carbocycles. The Kier molecular flexibility index (Phi) is 6.20. The van der Waals surface area contributed by atoms with Crippen molar-refractivity contribution in [1.82, 2.24) is 15.5 Å². The molecule has 1 aliphatic rings. The van der Waals surface area contributed by atoms with Crippen LogP contribution in [0.15, 0.2) is 41.4 Å². The molecule has 1 amide bonds. The van der Waals surface area contributed by atoms with Crippen LogP contribution in [0.1, 0.15) is 28.8 Å². The lowest BCUT2D eigenvalue weighted by Gasteiger charge is -2.17. The first-order valence-electron chi connectivity index (χ1n) is 8.03. The van der Waals surface area contributed by atoms with Crippen molar-refractivity contribution in [2.45, 2.75) is 25.3 Å². The van der Waals surface area contributed by atoms with E-state index in [1.54, 1.807) is 26.0 Å². The van der Waals surface area contributed by atoms with Crippen molar-refractivity contribution < 1.29 is 4.79 Å². The van der Waals surface area contributed by atoms with Crippen LogP contribution in [0.2, 0.25) is 0 Å². The molecule has 0 aromatic heterocycles. The van der Waals surface area contributed by atoms with Gasteiger partial charge in [0.1, 0.15) is 0 Å². The molecule has 0 spiro atoms. The number of hydrogen-bond donors (Lipinski definition) is 2. The van der Waals surface area contributed by atoms with Gasteiger partial charge in [0.05, 0.1) is 0 Å². The van der Waals surface area contributed by atoms with Gasteiger partial charge < -0.3 is 15.5 Å². The Balaban J connectivity index is 1.83. The van der Waals surface area contributed by atoms with Gasteiger partial charge in [-0.1, -0.05) is 24.3 Å². The zero-order valence-corrected chi connectivity index (χ0v) is 14.2. The minimum Gasteiger partial charge on any atom is -0.356 e. The van der Waals surface area contributed by atoms with E-state index >= 15 is 0 Å². The number of nitrogens with zero attached hydrogens (tertiary/aromatic N) is 2. The molecule has 0 saturated heterocycles. The van der Waals surface area contributed by atoms with Gasteiger partial charge in [0.2, 0.25) is 0 Å². The maximum atomic E-state index is 12.0. The fourth-order valence-electron chi connectivity index (χ4n) is 2.57. The molecule has 1 aromatic rings. The number of benzene rings is 1. The van der Waals surface area contributed by atoms with Crippen LogP contribution in [0.25, 0.3) is 0 Å². The Labute approximate surface area is 138 Å². The normalized spacial score (nSPS) is 14.8. The van der Waals surface area contributed by atoms with Crippen molar-refractivity contribution in [3.63, 3.8) is 0 Å². The molecule has 124 valence electrons. The van der Waals surface area contributed by atoms with Crippen LogP contribution in [-0.2, 0) is 6.42 Å². The van der Waals surface area contributed by atoms with Gasteiger partial charge in [-0.2, -0.15) is 0 Å². The van der Waals surface area contributed by atoms with E-state index in [4.69, 9.17) is 0 Å². The standard InChI is InChI=1S/C18H26N4O/c1-19-18(21-16-9-4-5-10-16)20-12-11-14-7-6-8-15(13-14)17(23)22(2)3/h4-8,13,16H,9-12H2,1-3H3,(H2,19,20,21). The van der Waals surface area contributed by atoms with Crippen LogP contribution >= 0.6 is 0 Å². The average Bonchev–Trinajstić information content (AvgIpc) is 3.06. The summed E-state index contributed by atoms with van der Waals surface area (Å²) in [7, 11) is 5.32. The molecule has 0 heterocycles. The topological polar surface area (TPSA) is 56.7 Å². The van der Waals surface area contributed by atoms with E-state index in [-0.39, 0.29) is 5.91 Å². The number of guanidine groups is 1. The van der Waals surface area contributed by atoms with Gasteiger partial charge in [0.15, 0.2) is 5.96 Å². The third-order valence-corrected chi connectivity index (χ3v) is 3.86. The summed E-state index contributed by atoms with van der Waals surface area (Å²) in [6.45, 7) is 0.777. The highest BCUT2D eigenvalue weighted by Gasteiger charge is 2.11. The molecular weight excluding hydrogens is 288 g/mol. The lowest BCUT2D eigenvalue weighted by Crippen LogP contribution is -2.43. The van der Waals surface area contributed by atoms with E-state index < -0.39 is 0 Å². The van der Waals surface area contributed by atoms with Crippen molar-refractivity contribution >= 4 is 11.9 Å². The highest BCUT2D eigenvalue weighted by molar-refractivity contribution is 5.94. The van der Waals surface area contributed by atoms with Crippen LogP contribution in [0.5, 0.6) is 0 Å². The number of hydrogen-bond acceptors (Lipinski definition) is 2. The number of aliphatic imine (C=N–C) groups is 1. The summed E-state index contributed by atoms with van der Waals surface area (Å²) < 4.78 is 0. The second kappa shape index (κ2) is 8.36. The first-order chi connectivity index (χ1) is 11.1. The lowest BCUT2D eigenvalue weighted by atomic mass is 10.1. The van der Waals surface area contributed by atoms with E-state index in [1.807, 2.05) is 24.3 Å². The third-order valence-electron chi connectivity index (χ3n) is 3.86. The molecule has 1 aliphatic carbocycles. The van der Waals surface area contributed by atoms with Crippen molar-refractivity contribution in [2.75, 3.05) is 27.7 Å². The summed E-state index contributed by atoms with van der Waals surface area (Å²) in [5, 5.41) is 6.74. The van der Waals surface area contributed by atoms with Gasteiger partial charge in [-0.15, -0.1) is 0 Å². The van der Waals surface area contributed by atoms with Crippen LogP contribution in [0.3, 0.4) is 0 Å². The van der Waals surface area contributed by atoms with Crippen molar-refractivity contribution in [1.29, 1.82) is 0 Å². The quantitative estimate of drug-likeness (QED) is 0.495. The number of carbonyl (C=O) groups excluding carboxylic acids is 1. The molecule has 0 unspecified atom stereocenters. The summed E-state index contributed by atoms with van der Waals surface area (Å²) in [6.07, 6.45) is 7.33. The molecule has 5 nitrogen and oxygen atoms in total. The Bertz CT molecular complexity index is 584. The largest absolute Gasteiger partial charge is 0.356 e. The number of rotatable bonds is 5. The highest BCUT2D eigenvalue weighted by Crippen LogP contribution is 2.09. The molecule has 0 fully saturated rings. The van der Waals surface area contributed by atoms with Crippen molar-refractivity contribution in [2.24, 2.45) is 4.99 Å². The Morgan fingerprint density at radius 2 is 2.04 bits per heavy atom. The molecule has 5 heteroatoms. The van der Waals surface area contributed by atoms with Gasteiger partial charge >= 0.3 is 0 Å². The second-order valence-electron chi connectivity index (χ2n) is 5.93. The molecule has 0 bridgehead atoms. The summed E-state index contributed by atoms with van der Waals surface area (Å²) in [4.78, 5) is 17.8. The molecule has 0 aliphatic heterocycles. The Morgan fingerprint density at radius 1 is 1.30 bits per heavy atom. The third kappa shape index (κ3) is 5.13. The smallest absolute Gasteiger partial charge is 0.253 e. The fourth-order valence-corrected chi connectivity index (χ4v) is 2.57. The summed E-state index contributed by atoms with van der Waals surface area (Å²) in [5.41, 5.74) is 1.87. The van der Waals surface area contributed by atoms with Crippen LogP contribution in [0, 0.1) is 0 Å². The molecular formula is C18H26N4O. The zero-order chi connectivity index (χ0) is 16.7. The monoisotopic (exact) mass is 314 g/mol. The number of nitrogens with one attached hydrogen (secondary N) is 2. The van der Waals surface area contributed by atoms with E-state index in [2.05, 4.69) is 27.8 Å².